The number of hydrogen-bond donors (Lipinski definition) is 1. The van der Waals surface area contributed by atoms with Crippen molar-refractivity contribution in [2.75, 3.05) is 20.2 Å². The minimum atomic E-state index is -0.438. The molecule has 0 saturated carbocycles. The second-order valence-electron chi connectivity index (χ2n) is 6.77. The second kappa shape index (κ2) is 7.97. The molecule has 2 fully saturated rings. The van der Waals surface area contributed by atoms with E-state index in [9.17, 15) is 9.59 Å². The van der Waals surface area contributed by atoms with Gasteiger partial charge in [-0.3, -0.25) is 9.69 Å². The minimum Gasteiger partial charge on any atom is -0.469 e. The van der Waals surface area contributed by atoms with Gasteiger partial charge in [0.25, 0.3) is 0 Å². The summed E-state index contributed by atoms with van der Waals surface area (Å²) in [5.74, 6) is -1.11. The molecule has 6 nitrogen and oxygen atoms in total. The highest BCUT2D eigenvalue weighted by atomic mass is 16.6. The first-order valence-corrected chi connectivity index (χ1v) is 8.95. The first-order valence-electron chi connectivity index (χ1n) is 8.95. The highest BCUT2D eigenvalue weighted by Crippen LogP contribution is 2.41. The summed E-state index contributed by atoms with van der Waals surface area (Å²) in [7, 11) is 1.39. The maximum absolute atomic E-state index is 12.5. The van der Waals surface area contributed by atoms with Crippen LogP contribution in [0.15, 0.2) is 30.3 Å². The summed E-state index contributed by atoms with van der Waals surface area (Å²) in [6.45, 7) is 1.50. The number of carbonyl (C=O) groups is 2. The third-order valence-electron chi connectivity index (χ3n) is 5.37. The molecule has 3 rings (SSSR count). The molecule has 6 heteroatoms. The van der Waals surface area contributed by atoms with Crippen molar-refractivity contribution in [1.29, 1.82) is 0 Å². The fraction of sp³-hybridized carbons (Fsp3) is 0.579. The zero-order valence-corrected chi connectivity index (χ0v) is 14.6. The number of nitrogens with zero attached hydrogens (tertiary/aromatic N) is 1. The summed E-state index contributed by atoms with van der Waals surface area (Å²) < 4.78 is 10.8. The van der Waals surface area contributed by atoms with Gasteiger partial charge in [0, 0.05) is 18.5 Å². The third-order valence-corrected chi connectivity index (χ3v) is 5.37. The number of fused-ring (bicyclic) bond motifs is 2. The Hall–Kier alpha value is -1.92. The maximum Gasteiger partial charge on any atom is 0.338 e. The Kier molecular flexibility index (Phi) is 5.71. The van der Waals surface area contributed by atoms with Crippen LogP contribution in [0.4, 0.5) is 0 Å². The van der Waals surface area contributed by atoms with Crippen LogP contribution in [0.1, 0.15) is 36.0 Å². The molecule has 2 heterocycles. The maximum atomic E-state index is 12.5. The standard InChI is InChI=1S/C19H26N2O4/c1-24-19(23)17-15-9-8-14(21(15)11-5-10-20)12-16(17)25-18(22)13-6-3-2-4-7-13/h2-4,6-7,14-17H,5,8-12,20H2,1H3. The molecule has 136 valence electrons. The molecular weight excluding hydrogens is 320 g/mol. The number of esters is 2. The third kappa shape index (κ3) is 3.70. The molecule has 2 aliphatic rings. The number of piperidine rings is 1. The smallest absolute Gasteiger partial charge is 0.338 e. The van der Waals surface area contributed by atoms with E-state index in [4.69, 9.17) is 15.2 Å². The highest BCUT2D eigenvalue weighted by molar-refractivity contribution is 5.89. The summed E-state index contributed by atoms with van der Waals surface area (Å²) in [6.07, 6.45) is 3.07. The molecule has 1 aromatic carbocycles. The van der Waals surface area contributed by atoms with Gasteiger partial charge in [-0.25, -0.2) is 4.79 Å². The van der Waals surface area contributed by atoms with Crippen LogP contribution in [0.5, 0.6) is 0 Å². The lowest BCUT2D eigenvalue weighted by atomic mass is 9.87. The molecule has 0 spiro atoms. The van der Waals surface area contributed by atoms with Gasteiger partial charge in [0.1, 0.15) is 12.0 Å². The van der Waals surface area contributed by atoms with Crippen molar-refractivity contribution < 1.29 is 19.1 Å². The van der Waals surface area contributed by atoms with E-state index >= 15 is 0 Å². The quantitative estimate of drug-likeness (QED) is 0.788. The van der Waals surface area contributed by atoms with Crippen LogP contribution in [-0.2, 0) is 14.3 Å². The van der Waals surface area contributed by atoms with Crippen molar-refractivity contribution in [3.05, 3.63) is 35.9 Å². The molecule has 2 aliphatic heterocycles. The molecule has 0 aromatic heterocycles. The Bertz CT molecular complexity index is 607. The van der Waals surface area contributed by atoms with Gasteiger partial charge >= 0.3 is 11.9 Å². The van der Waals surface area contributed by atoms with E-state index in [0.717, 1.165) is 25.8 Å². The Morgan fingerprint density at radius 3 is 2.68 bits per heavy atom. The van der Waals surface area contributed by atoms with Crippen molar-refractivity contribution in [3.8, 4) is 0 Å². The number of methoxy groups -OCH3 is 1. The number of ether oxygens (including phenoxy) is 2. The first kappa shape index (κ1) is 17.9. The average molecular weight is 346 g/mol. The largest absolute Gasteiger partial charge is 0.469 e. The first-order chi connectivity index (χ1) is 12.2. The Morgan fingerprint density at radius 1 is 1.24 bits per heavy atom. The average Bonchev–Trinajstić information content (AvgIpc) is 2.92. The van der Waals surface area contributed by atoms with Gasteiger partial charge in [-0.05, 0) is 44.5 Å². The van der Waals surface area contributed by atoms with E-state index in [1.165, 1.54) is 7.11 Å². The number of carbonyl (C=O) groups excluding carboxylic acids is 2. The van der Waals surface area contributed by atoms with Crippen LogP contribution in [0.2, 0.25) is 0 Å². The Balaban J connectivity index is 1.77. The molecule has 25 heavy (non-hydrogen) atoms. The Labute approximate surface area is 148 Å². The minimum absolute atomic E-state index is 0.0614. The predicted octanol–water partition coefficient (Wildman–Crippen LogP) is 1.59. The summed E-state index contributed by atoms with van der Waals surface area (Å²) in [4.78, 5) is 27.3. The number of nitrogens with two attached hydrogens (primary N) is 1. The van der Waals surface area contributed by atoms with Crippen molar-refractivity contribution >= 4 is 11.9 Å². The molecule has 2 N–H and O–H groups in total. The summed E-state index contributed by atoms with van der Waals surface area (Å²) in [6, 6.07) is 9.30. The molecule has 0 amide bonds. The van der Waals surface area contributed by atoms with Crippen molar-refractivity contribution in [1.82, 2.24) is 4.90 Å². The van der Waals surface area contributed by atoms with Crippen LogP contribution in [0.25, 0.3) is 0 Å². The van der Waals surface area contributed by atoms with Gasteiger partial charge in [-0.2, -0.15) is 0 Å². The molecule has 4 atom stereocenters. The van der Waals surface area contributed by atoms with E-state index in [1.54, 1.807) is 24.3 Å². The van der Waals surface area contributed by atoms with Crippen LogP contribution >= 0.6 is 0 Å². The number of benzene rings is 1. The molecule has 2 bridgehead atoms. The number of rotatable bonds is 6. The van der Waals surface area contributed by atoms with Gasteiger partial charge in [0.05, 0.1) is 12.7 Å². The summed E-state index contributed by atoms with van der Waals surface area (Å²) in [5, 5.41) is 0. The molecule has 2 saturated heterocycles. The van der Waals surface area contributed by atoms with Crippen LogP contribution in [0, 0.1) is 5.92 Å². The number of hydrogen-bond acceptors (Lipinski definition) is 6. The molecule has 0 aliphatic carbocycles. The summed E-state index contributed by atoms with van der Waals surface area (Å²) >= 11 is 0. The van der Waals surface area contributed by atoms with E-state index in [-0.39, 0.29) is 18.0 Å². The normalized spacial score (nSPS) is 28.6. The SMILES string of the molecule is COC(=O)C1C(OC(=O)c2ccccc2)CC2CCC1N2CCCN. The van der Waals surface area contributed by atoms with Gasteiger partial charge in [-0.15, -0.1) is 0 Å². The lowest BCUT2D eigenvalue weighted by Gasteiger charge is -2.42. The molecule has 4 unspecified atom stereocenters. The fourth-order valence-electron chi connectivity index (χ4n) is 4.24. The lowest BCUT2D eigenvalue weighted by Crippen LogP contribution is -2.55. The molecule has 1 aromatic rings. The topological polar surface area (TPSA) is 81.9 Å². The second-order valence-corrected chi connectivity index (χ2v) is 6.77. The van der Waals surface area contributed by atoms with Crippen LogP contribution in [-0.4, -0.2) is 55.2 Å². The van der Waals surface area contributed by atoms with Crippen LogP contribution < -0.4 is 5.73 Å². The summed E-state index contributed by atoms with van der Waals surface area (Å²) in [5.41, 5.74) is 6.15. The van der Waals surface area contributed by atoms with Crippen molar-refractivity contribution in [2.45, 2.75) is 43.9 Å². The van der Waals surface area contributed by atoms with Gasteiger partial charge in [-0.1, -0.05) is 18.2 Å². The van der Waals surface area contributed by atoms with Gasteiger partial charge in [0.2, 0.25) is 0 Å². The van der Waals surface area contributed by atoms with Crippen molar-refractivity contribution in [2.24, 2.45) is 11.7 Å². The lowest BCUT2D eigenvalue weighted by molar-refractivity contribution is -0.156. The van der Waals surface area contributed by atoms with Crippen molar-refractivity contribution in [3.63, 3.8) is 0 Å². The van der Waals surface area contributed by atoms with E-state index in [1.807, 2.05) is 6.07 Å². The monoisotopic (exact) mass is 346 g/mol. The molecular formula is C19H26N2O4. The van der Waals surface area contributed by atoms with Gasteiger partial charge in [0.15, 0.2) is 0 Å². The van der Waals surface area contributed by atoms with Crippen LogP contribution in [0.3, 0.4) is 0 Å². The van der Waals surface area contributed by atoms with E-state index in [2.05, 4.69) is 4.90 Å². The fourth-order valence-corrected chi connectivity index (χ4v) is 4.24. The molecule has 0 radical (unpaired) electrons. The predicted molar refractivity (Wildman–Crippen MR) is 93.0 cm³/mol. The zero-order chi connectivity index (χ0) is 17.8. The zero-order valence-electron chi connectivity index (χ0n) is 14.6. The highest BCUT2D eigenvalue weighted by Gasteiger charge is 2.52. The Morgan fingerprint density at radius 2 is 2.00 bits per heavy atom. The van der Waals surface area contributed by atoms with E-state index in [0.29, 0.717) is 24.6 Å². The van der Waals surface area contributed by atoms with Gasteiger partial charge < -0.3 is 15.2 Å². The van der Waals surface area contributed by atoms with E-state index < -0.39 is 12.0 Å².